The summed E-state index contributed by atoms with van der Waals surface area (Å²) in [5.41, 5.74) is 0. The van der Waals surface area contributed by atoms with E-state index >= 15 is 0 Å². The summed E-state index contributed by atoms with van der Waals surface area (Å²) in [6.45, 7) is 25.2. The monoisotopic (exact) mass is 880 g/mol. The second kappa shape index (κ2) is 59.1. The van der Waals surface area contributed by atoms with E-state index in [0.29, 0.717) is 5.92 Å². The maximum atomic E-state index is 9.88. The van der Waals surface area contributed by atoms with E-state index < -0.39 is 19.9 Å². The second-order valence-electron chi connectivity index (χ2n) is 9.75. The molecule has 0 saturated carbocycles. The number of rotatable bonds is 7. The van der Waals surface area contributed by atoms with Crippen molar-refractivity contribution in [3.8, 4) is 0 Å². The molecule has 0 aliphatic heterocycles. The van der Waals surface area contributed by atoms with Crippen molar-refractivity contribution in [2.75, 3.05) is 52.3 Å². The van der Waals surface area contributed by atoms with Crippen LogP contribution in [0.5, 0.6) is 0 Å². The Hall–Kier alpha value is -1.43. The zero-order valence-corrected chi connectivity index (χ0v) is 35.5. The van der Waals surface area contributed by atoms with E-state index in [1.807, 2.05) is 0 Å². The van der Waals surface area contributed by atoms with Crippen LogP contribution >= 0.6 is 23.8 Å². The summed E-state index contributed by atoms with van der Waals surface area (Å²) in [5, 5.41) is 56.7. The summed E-state index contributed by atoms with van der Waals surface area (Å²) in [4.78, 5) is 48.7. The second-order valence-corrected chi connectivity index (χ2v) is 22.4. The SMILES string of the molecule is CCCC(C)C(O)(P)CCC.CC[PH](C)(C)C.CC[PH](C)(C)C.O=NO.O=NO.O=NO.O=NO.O=NO.O=NO.[PbH2]. The van der Waals surface area contributed by atoms with Gasteiger partial charge in [0.05, 0.1) is 5.34 Å². The molecule has 0 rings (SSSR count). The average Bonchev–Trinajstić information content (AvgIpc) is 2.82. The van der Waals surface area contributed by atoms with Gasteiger partial charge in [0.2, 0.25) is 0 Å². The predicted molar refractivity (Wildman–Crippen MR) is 181 cm³/mol. The van der Waals surface area contributed by atoms with Gasteiger partial charge in [-0.15, -0.1) is 38.7 Å². The molecular weight excluding hydrogens is 820 g/mol. The average molecular weight is 880 g/mol. The third kappa shape index (κ3) is 176. The van der Waals surface area contributed by atoms with Crippen molar-refractivity contribution in [3.63, 3.8) is 0 Å². The van der Waals surface area contributed by atoms with E-state index in [1.165, 1.54) is 44.4 Å². The fourth-order valence-corrected chi connectivity index (χ4v) is 1.79. The Morgan fingerprint density at radius 2 is 0.762 bits per heavy atom. The van der Waals surface area contributed by atoms with Crippen molar-refractivity contribution >= 4 is 51.1 Å². The molecule has 0 aliphatic rings. The number of hydrogen-bond donors (Lipinski definition) is 7. The molecule has 0 aromatic heterocycles. The molecule has 0 saturated heterocycles. The van der Waals surface area contributed by atoms with E-state index in [2.05, 4.69) is 83.8 Å². The fourth-order valence-electron chi connectivity index (χ4n) is 1.33. The molecule has 0 aromatic carbocycles. The van der Waals surface area contributed by atoms with Gasteiger partial charge in [0.1, 0.15) is 0 Å². The molecular formula is C19H59N6O13P3Pb. The van der Waals surface area contributed by atoms with Gasteiger partial charge in [-0.1, -0.05) is 33.6 Å². The number of hydrogen-bond acceptors (Lipinski definition) is 13. The van der Waals surface area contributed by atoms with E-state index in [9.17, 15) is 5.11 Å². The minimum atomic E-state index is -0.631. The molecule has 7 N–H and O–H groups in total. The summed E-state index contributed by atoms with van der Waals surface area (Å²) in [6, 6.07) is 0. The van der Waals surface area contributed by atoms with Crippen molar-refractivity contribution < 1.29 is 36.4 Å². The van der Waals surface area contributed by atoms with E-state index in [4.69, 9.17) is 60.7 Å². The van der Waals surface area contributed by atoms with E-state index in [0.717, 1.165) is 25.7 Å². The molecule has 262 valence electrons. The predicted octanol–water partition coefficient (Wildman–Crippen LogP) is 6.01. The molecule has 0 fully saturated rings. The minimum absolute atomic E-state index is 0. The molecule has 23 heteroatoms. The van der Waals surface area contributed by atoms with Gasteiger partial charge in [-0.3, -0.25) is 0 Å². The first-order valence-electron chi connectivity index (χ1n) is 12.0. The van der Waals surface area contributed by atoms with Crippen LogP contribution in [0.2, 0.25) is 0 Å². The first-order valence-corrected chi connectivity index (χ1v) is 20.0. The van der Waals surface area contributed by atoms with E-state index in [1.54, 1.807) is 0 Å². The Kier molecular flexibility index (Phi) is 95.6. The van der Waals surface area contributed by atoms with Gasteiger partial charge < -0.3 is 36.4 Å². The molecule has 0 bridgehead atoms. The first-order chi connectivity index (χ1) is 18.6. The van der Waals surface area contributed by atoms with Gasteiger partial charge in [0, 0.05) is 0 Å². The van der Waals surface area contributed by atoms with Crippen LogP contribution in [0, 0.1) is 35.4 Å². The normalized spacial score (nSPS) is 11.0. The molecule has 42 heavy (non-hydrogen) atoms. The van der Waals surface area contributed by atoms with Gasteiger partial charge in [-0.2, -0.15) is 0 Å². The van der Waals surface area contributed by atoms with Crippen molar-refractivity contribution in [3.05, 3.63) is 29.4 Å². The fraction of sp³-hybridized carbons (Fsp3) is 1.00. The molecule has 2 radical (unpaired) electrons. The Morgan fingerprint density at radius 1 is 0.595 bits per heavy atom. The molecule has 0 heterocycles. The summed E-state index contributed by atoms with van der Waals surface area (Å²) < 4.78 is 0. The zero-order valence-electron chi connectivity index (χ0n) is 26.9. The topological polar surface area (TPSA) is 318 Å². The Labute approximate surface area is 272 Å². The number of aliphatic hydroxyl groups is 1. The molecule has 3 unspecified atom stereocenters. The van der Waals surface area contributed by atoms with Crippen LogP contribution in [-0.4, -0.2) is 121 Å². The van der Waals surface area contributed by atoms with Gasteiger partial charge in [-0.05, 0) is 18.8 Å². The quantitative estimate of drug-likeness (QED) is 0.0667. The zero-order chi connectivity index (χ0) is 35.6. The molecule has 0 spiro atoms. The third-order valence-electron chi connectivity index (χ3n) is 4.35. The molecule has 0 amide bonds. The summed E-state index contributed by atoms with van der Waals surface area (Å²) in [5.74, 6) is 0.400. The van der Waals surface area contributed by atoms with Crippen LogP contribution in [0.4, 0.5) is 0 Å². The summed E-state index contributed by atoms with van der Waals surface area (Å²) >= 11 is 0. The molecule has 0 aromatic rings. The first kappa shape index (κ1) is 68.0. The summed E-state index contributed by atoms with van der Waals surface area (Å²) in [6.07, 6.45) is 7.02. The van der Waals surface area contributed by atoms with Crippen molar-refractivity contribution in [1.82, 2.24) is 0 Å². The molecule has 0 aliphatic carbocycles. The van der Waals surface area contributed by atoms with Crippen LogP contribution in [-0.2, 0) is 0 Å². The van der Waals surface area contributed by atoms with Crippen LogP contribution in [0.25, 0.3) is 0 Å². The third-order valence-corrected chi connectivity index (χ3v) is 9.45. The van der Waals surface area contributed by atoms with Crippen LogP contribution < -0.4 is 0 Å². The van der Waals surface area contributed by atoms with Gasteiger partial charge >= 0.3 is 108 Å². The van der Waals surface area contributed by atoms with Gasteiger partial charge in [0.15, 0.2) is 32.0 Å². The standard InChI is InChI=1S/C9H21OP.2C5H15P.6HNO2.Pb.2H/c1-4-6-8(3)9(10,11)7-5-2;2*1-5-6(2,3)4;6*2-1-3;;;/h8,10H,4-7,11H2,1-3H3;2*6H,5H2,1-4H3;6*(H,2,3);;;. The maximum absolute atomic E-state index is 9.88. The van der Waals surface area contributed by atoms with Gasteiger partial charge in [0.25, 0.3) is 0 Å². The Bertz CT molecular complexity index is 476. The molecule has 3 atom stereocenters. The summed E-state index contributed by atoms with van der Waals surface area (Å²) in [7, 11) is 1.32. The van der Waals surface area contributed by atoms with Crippen molar-refractivity contribution in [2.45, 2.75) is 65.6 Å². The van der Waals surface area contributed by atoms with Crippen LogP contribution in [0.3, 0.4) is 0 Å². The number of nitrogens with zero attached hydrogens (tertiary/aromatic N) is 6. The van der Waals surface area contributed by atoms with Crippen molar-refractivity contribution in [1.29, 1.82) is 0 Å². The van der Waals surface area contributed by atoms with Crippen molar-refractivity contribution in [2.24, 2.45) is 38.0 Å². The Balaban J connectivity index is -0.0000000363. The van der Waals surface area contributed by atoms with Crippen LogP contribution in [0.1, 0.15) is 60.3 Å². The molecule has 19 nitrogen and oxygen atoms in total. The Morgan fingerprint density at radius 3 is 0.857 bits per heavy atom. The van der Waals surface area contributed by atoms with Crippen LogP contribution in [0.15, 0.2) is 32.0 Å². The van der Waals surface area contributed by atoms with Gasteiger partial charge in [-0.25, -0.2) is 0 Å². The van der Waals surface area contributed by atoms with E-state index in [-0.39, 0.29) is 27.3 Å².